The molecule has 24 heavy (non-hydrogen) atoms. The van der Waals surface area contributed by atoms with Gasteiger partial charge in [0.15, 0.2) is 6.10 Å². The number of primary amides is 1. The molecule has 0 saturated heterocycles. The lowest BCUT2D eigenvalue weighted by Crippen LogP contribution is -2.46. The summed E-state index contributed by atoms with van der Waals surface area (Å²) in [5.41, 5.74) is 6.19. The smallest absolute Gasteiger partial charge is 0.326 e. The second-order valence-electron chi connectivity index (χ2n) is 5.56. The Morgan fingerprint density at radius 3 is 2.42 bits per heavy atom. The standard InChI is InChI=1S/C16H21N3O5/c1-9(2)13(15(22)19-16(17)23)24-12(20)8-18-14(21)11-6-4-5-10(3)7-11/h4-7,9,13H,8H2,1-3H3,(H,18,21)(H3,17,19,22,23)/t13-/m0/s1. The Balaban J connectivity index is 2.58. The van der Waals surface area contributed by atoms with Crippen LogP contribution >= 0.6 is 0 Å². The maximum atomic E-state index is 11.9. The fourth-order valence-corrected chi connectivity index (χ4v) is 1.91. The van der Waals surface area contributed by atoms with Crippen molar-refractivity contribution in [2.45, 2.75) is 26.9 Å². The summed E-state index contributed by atoms with van der Waals surface area (Å²) < 4.78 is 5.01. The van der Waals surface area contributed by atoms with Crippen molar-refractivity contribution < 1.29 is 23.9 Å². The van der Waals surface area contributed by atoms with Crippen LogP contribution in [0.1, 0.15) is 29.8 Å². The van der Waals surface area contributed by atoms with Gasteiger partial charge in [-0.3, -0.25) is 19.7 Å². The average molecular weight is 335 g/mol. The van der Waals surface area contributed by atoms with Crippen LogP contribution in [-0.4, -0.2) is 36.5 Å². The number of imide groups is 1. The maximum absolute atomic E-state index is 11.9. The largest absolute Gasteiger partial charge is 0.451 e. The highest BCUT2D eigenvalue weighted by atomic mass is 16.5. The Kier molecular flexibility index (Phi) is 6.91. The number of aryl methyl sites for hydroxylation is 1. The highest BCUT2D eigenvalue weighted by Gasteiger charge is 2.27. The van der Waals surface area contributed by atoms with E-state index in [9.17, 15) is 19.2 Å². The number of carbonyl (C=O) groups is 4. The first-order chi connectivity index (χ1) is 11.2. The highest BCUT2D eigenvalue weighted by molar-refractivity contribution is 5.98. The average Bonchev–Trinajstić information content (AvgIpc) is 2.49. The fraction of sp³-hybridized carbons (Fsp3) is 0.375. The van der Waals surface area contributed by atoms with Crippen molar-refractivity contribution in [2.75, 3.05) is 6.54 Å². The van der Waals surface area contributed by atoms with E-state index in [1.807, 2.05) is 18.3 Å². The van der Waals surface area contributed by atoms with Crippen molar-refractivity contribution in [1.82, 2.24) is 10.6 Å². The summed E-state index contributed by atoms with van der Waals surface area (Å²) in [6, 6.07) is 5.83. The normalized spacial score (nSPS) is 11.5. The van der Waals surface area contributed by atoms with Crippen LogP contribution in [0.4, 0.5) is 4.79 Å². The molecule has 0 fully saturated rings. The number of rotatable bonds is 6. The van der Waals surface area contributed by atoms with E-state index in [2.05, 4.69) is 5.32 Å². The van der Waals surface area contributed by atoms with E-state index in [1.165, 1.54) is 0 Å². The predicted molar refractivity (Wildman–Crippen MR) is 86.0 cm³/mol. The Morgan fingerprint density at radius 2 is 1.88 bits per heavy atom. The van der Waals surface area contributed by atoms with Gasteiger partial charge in [0, 0.05) is 5.56 Å². The minimum Gasteiger partial charge on any atom is -0.451 e. The van der Waals surface area contributed by atoms with Crippen LogP contribution in [-0.2, 0) is 14.3 Å². The number of esters is 1. The van der Waals surface area contributed by atoms with Gasteiger partial charge in [0.25, 0.3) is 11.8 Å². The topological polar surface area (TPSA) is 128 Å². The molecule has 4 N–H and O–H groups in total. The van der Waals surface area contributed by atoms with Gasteiger partial charge in [-0.1, -0.05) is 31.5 Å². The Labute approximate surface area is 139 Å². The zero-order valence-electron chi connectivity index (χ0n) is 13.8. The van der Waals surface area contributed by atoms with Gasteiger partial charge in [-0.2, -0.15) is 0 Å². The summed E-state index contributed by atoms with van der Waals surface area (Å²) in [6.45, 7) is 4.73. The SMILES string of the molecule is Cc1cccc(C(=O)NCC(=O)O[C@H](C(=O)NC(N)=O)C(C)C)c1. The van der Waals surface area contributed by atoms with Crippen LogP contribution in [0.25, 0.3) is 0 Å². The monoisotopic (exact) mass is 335 g/mol. The molecule has 1 aromatic carbocycles. The second-order valence-corrected chi connectivity index (χ2v) is 5.56. The summed E-state index contributed by atoms with van der Waals surface area (Å²) >= 11 is 0. The van der Waals surface area contributed by atoms with E-state index in [4.69, 9.17) is 10.5 Å². The molecular formula is C16H21N3O5. The lowest BCUT2D eigenvalue weighted by atomic mass is 10.1. The third-order valence-corrected chi connectivity index (χ3v) is 3.04. The van der Waals surface area contributed by atoms with Gasteiger partial charge >= 0.3 is 12.0 Å². The number of urea groups is 1. The van der Waals surface area contributed by atoms with E-state index in [-0.39, 0.29) is 5.92 Å². The highest BCUT2D eigenvalue weighted by Crippen LogP contribution is 2.07. The Morgan fingerprint density at radius 1 is 1.21 bits per heavy atom. The molecule has 8 heteroatoms. The number of ether oxygens (including phenoxy) is 1. The molecular weight excluding hydrogens is 314 g/mol. The molecule has 0 heterocycles. The molecule has 0 aliphatic rings. The number of benzene rings is 1. The zero-order chi connectivity index (χ0) is 18.3. The molecule has 4 amide bonds. The van der Waals surface area contributed by atoms with Gasteiger partial charge in [-0.25, -0.2) is 4.79 Å². The number of nitrogens with one attached hydrogen (secondary N) is 2. The predicted octanol–water partition coefficient (Wildman–Crippen LogP) is 0.488. The molecule has 0 spiro atoms. The van der Waals surface area contributed by atoms with Crippen LogP contribution in [0.5, 0.6) is 0 Å². The van der Waals surface area contributed by atoms with E-state index in [0.717, 1.165) is 5.56 Å². The molecule has 1 aromatic rings. The van der Waals surface area contributed by atoms with Crippen molar-refractivity contribution in [3.63, 3.8) is 0 Å². The third kappa shape index (κ3) is 6.07. The molecule has 1 atom stereocenters. The Bertz CT molecular complexity index is 642. The van der Waals surface area contributed by atoms with E-state index in [0.29, 0.717) is 5.56 Å². The van der Waals surface area contributed by atoms with Crippen LogP contribution in [0, 0.1) is 12.8 Å². The fourth-order valence-electron chi connectivity index (χ4n) is 1.91. The zero-order valence-corrected chi connectivity index (χ0v) is 13.8. The van der Waals surface area contributed by atoms with Gasteiger partial charge in [0.2, 0.25) is 0 Å². The van der Waals surface area contributed by atoms with Crippen LogP contribution < -0.4 is 16.4 Å². The lowest BCUT2D eigenvalue weighted by molar-refractivity contribution is -0.157. The van der Waals surface area contributed by atoms with Crippen LogP contribution in [0.2, 0.25) is 0 Å². The quantitative estimate of drug-likeness (QED) is 0.652. The Hall–Kier alpha value is -2.90. The van der Waals surface area contributed by atoms with Crippen molar-refractivity contribution in [2.24, 2.45) is 11.7 Å². The van der Waals surface area contributed by atoms with Gasteiger partial charge < -0.3 is 15.8 Å². The number of amides is 4. The van der Waals surface area contributed by atoms with Crippen molar-refractivity contribution >= 4 is 23.8 Å². The maximum Gasteiger partial charge on any atom is 0.326 e. The molecule has 0 bridgehead atoms. The molecule has 8 nitrogen and oxygen atoms in total. The first kappa shape index (κ1) is 19.1. The lowest BCUT2D eigenvalue weighted by Gasteiger charge is -2.19. The summed E-state index contributed by atoms with van der Waals surface area (Å²) in [5.74, 6) is -2.41. The molecule has 0 aliphatic heterocycles. The first-order valence-electron chi connectivity index (χ1n) is 7.35. The molecule has 0 saturated carbocycles. The van der Waals surface area contributed by atoms with Crippen molar-refractivity contribution in [1.29, 1.82) is 0 Å². The van der Waals surface area contributed by atoms with Gasteiger partial charge in [0.1, 0.15) is 6.54 Å². The molecule has 1 rings (SSSR count). The van der Waals surface area contributed by atoms with Gasteiger partial charge in [0.05, 0.1) is 0 Å². The number of hydrogen-bond acceptors (Lipinski definition) is 5. The number of hydrogen-bond donors (Lipinski definition) is 3. The summed E-state index contributed by atoms with van der Waals surface area (Å²) in [7, 11) is 0. The molecule has 0 radical (unpaired) electrons. The number of carbonyl (C=O) groups excluding carboxylic acids is 4. The minimum atomic E-state index is -1.18. The van der Waals surface area contributed by atoms with Crippen molar-refractivity contribution in [3.05, 3.63) is 35.4 Å². The van der Waals surface area contributed by atoms with E-state index < -0.39 is 36.5 Å². The van der Waals surface area contributed by atoms with Crippen LogP contribution in [0.15, 0.2) is 24.3 Å². The second kappa shape index (κ2) is 8.66. The molecule has 0 aliphatic carbocycles. The molecule has 0 unspecified atom stereocenters. The first-order valence-corrected chi connectivity index (χ1v) is 7.35. The van der Waals surface area contributed by atoms with E-state index in [1.54, 1.807) is 32.0 Å². The summed E-state index contributed by atoms with van der Waals surface area (Å²) in [6.07, 6.45) is -1.18. The summed E-state index contributed by atoms with van der Waals surface area (Å²) in [5, 5.41) is 4.27. The summed E-state index contributed by atoms with van der Waals surface area (Å²) in [4.78, 5) is 46.2. The van der Waals surface area contributed by atoms with E-state index >= 15 is 0 Å². The van der Waals surface area contributed by atoms with Crippen molar-refractivity contribution in [3.8, 4) is 0 Å². The third-order valence-electron chi connectivity index (χ3n) is 3.04. The van der Waals surface area contributed by atoms with Gasteiger partial charge in [-0.15, -0.1) is 0 Å². The molecule has 130 valence electrons. The van der Waals surface area contributed by atoms with Crippen LogP contribution in [0.3, 0.4) is 0 Å². The minimum absolute atomic E-state index is 0.374. The molecule has 0 aromatic heterocycles. The number of nitrogens with two attached hydrogens (primary N) is 1. The van der Waals surface area contributed by atoms with Gasteiger partial charge in [-0.05, 0) is 25.0 Å².